The van der Waals surface area contributed by atoms with Crippen molar-refractivity contribution >= 4 is 12.4 Å². The van der Waals surface area contributed by atoms with E-state index in [1.54, 1.807) is 6.20 Å². The molecule has 0 fully saturated rings. The van der Waals surface area contributed by atoms with Gasteiger partial charge in [0.2, 0.25) is 0 Å². The summed E-state index contributed by atoms with van der Waals surface area (Å²) in [6.07, 6.45) is 5.48. The first kappa shape index (κ1) is 23.4. The third kappa shape index (κ3) is 10.3. The molecule has 1 unspecified atom stereocenters. The minimum absolute atomic E-state index is 0.0459. The van der Waals surface area contributed by atoms with Gasteiger partial charge in [0.05, 0.1) is 0 Å². The molecule has 0 saturated carbocycles. The molecule has 0 amide bonds. The molecular formula is C23H31N3. The van der Waals surface area contributed by atoms with Crippen molar-refractivity contribution in [1.82, 2.24) is 0 Å². The molecular weight excluding hydrogens is 318 g/mol. The zero-order valence-electron chi connectivity index (χ0n) is 17.2. The van der Waals surface area contributed by atoms with Gasteiger partial charge < -0.3 is 5.73 Å². The molecule has 1 atom stereocenters. The van der Waals surface area contributed by atoms with Gasteiger partial charge in [-0.05, 0) is 56.9 Å². The SMILES string of the molecule is C=N/C=C(\C)C#C/C(C)=C/C=C(C)C#CC(=C)N=C(C)C(N)C(C)(C)C. The van der Waals surface area contributed by atoms with Crippen LogP contribution in [0.2, 0.25) is 0 Å². The predicted octanol–water partition coefficient (Wildman–Crippen LogP) is 4.84. The molecule has 0 aliphatic carbocycles. The Labute approximate surface area is 159 Å². The number of rotatable bonds is 4. The van der Waals surface area contributed by atoms with Crippen LogP contribution in [0.3, 0.4) is 0 Å². The minimum atomic E-state index is -0.129. The molecule has 0 spiro atoms. The van der Waals surface area contributed by atoms with E-state index in [-0.39, 0.29) is 11.5 Å². The lowest BCUT2D eigenvalue weighted by Gasteiger charge is -2.26. The van der Waals surface area contributed by atoms with Crippen LogP contribution in [0.25, 0.3) is 0 Å². The number of hydrogen-bond donors (Lipinski definition) is 1. The second kappa shape index (κ2) is 11.1. The van der Waals surface area contributed by atoms with Crippen LogP contribution in [0.5, 0.6) is 0 Å². The highest BCUT2D eigenvalue weighted by Gasteiger charge is 2.22. The Hall–Kier alpha value is -2.62. The molecule has 3 nitrogen and oxygen atoms in total. The molecule has 2 N–H and O–H groups in total. The standard InChI is InChI=1S/C23H31N3/c1-17(12-13-19(3)16-25-9)10-11-18(2)14-15-20(4)26-21(5)22(24)23(6,7)8/h10-11,16,22H,4,9,24H2,1-3,5-8H3/b17-10+,18-11?,19-16+,26-21?. The quantitative estimate of drug-likeness (QED) is 0.441. The average molecular weight is 350 g/mol. The maximum atomic E-state index is 6.18. The van der Waals surface area contributed by atoms with Gasteiger partial charge >= 0.3 is 0 Å². The molecule has 0 aromatic carbocycles. The van der Waals surface area contributed by atoms with Crippen LogP contribution in [0.4, 0.5) is 0 Å². The van der Waals surface area contributed by atoms with Gasteiger partial charge in [-0.2, -0.15) is 0 Å². The van der Waals surface area contributed by atoms with Crippen molar-refractivity contribution in [3.05, 3.63) is 47.3 Å². The molecule has 0 radical (unpaired) electrons. The van der Waals surface area contributed by atoms with Gasteiger partial charge in [0, 0.05) is 23.5 Å². The van der Waals surface area contributed by atoms with Crippen molar-refractivity contribution in [2.45, 2.75) is 54.5 Å². The van der Waals surface area contributed by atoms with E-state index in [4.69, 9.17) is 5.73 Å². The van der Waals surface area contributed by atoms with Gasteiger partial charge in [0.25, 0.3) is 0 Å². The fourth-order valence-electron chi connectivity index (χ4n) is 1.81. The zero-order chi connectivity index (χ0) is 20.3. The Morgan fingerprint density at radius 2 is 1.38 bits per heavy atom. The summed E-state index contributed by atoms with van der Waals surface area (Å²) in [6, 6.07) is -0.129. The van der Waals surface area contributed by atoms with Crippen molar-refractivity contribution < 1.29 is 0 Å². The highest BCUT2D eigenvalue weighted by Crippen LogP contribution is 2.18. The van der Waals surface area contributed by atoms with Gasteiger partial charge in [-0.1, -0.05) is 57.3 Å². The summed E-state index contributed by atoms with van der Waals surface area (Å²) in [6.45, 7) is 21.2. The van der Waals surface area contributed by atoms with Crippen molar-refractivity contribution in [2.75, 3.05) is 0 Å². The van der Waals surface area contributed by atoms with Gasteiger partial charge in [-0.3, -0.25) is 4.99 Å². The summed E-state index contributed by atoms with van der Waals surface area (Å²) in [4.78, 5) is 8.10. The molecule has 3 heteroatoms. The van der Waals surface area contributed by atoms with Crippen molar-refractivity contribution in [3.8, 4) is 23.7 Å². The maximum absolute atomic E-state index is 6.18. The lowest BCUT2D eigenvalue weighted by atomic mass is 9.85. The monoisotopic (exact) mass is 349 g/mol. The molecule has 0 aromatic rings. The third-order valence-corrected chi connectivity index (χ3v) is 3.42. The molecule has 0 bridgehead atoms. The van der Waals surface area contributed by atoms with Crippen LogP contribution in [0.15, 0.2) is 57.3 Å². The highest BCUT2D eigenvalue weighted by molar-refractivity contribution is 5.89. The Morgan fingerprint density at radius 1 is 0.923 bits per heavy atom. The van der Waals surface area contributed by atoms with E-state index in [0.29, 0.717) is 5.70 Å². The zero-order valence-corrected chi connectivity index (χ0v) is 17.2. The fraction of sp³-hybridized carbons (Fsp3) is 0.391. The van der Waals surface area contributed by atoms with Crippen LogP contribution in [-0.4, -0.2) is 18.5 Å². The van der Waals surface area contributed by atoms with Crippen LogP contribution in [0.1, 0.15) is 48.5 Å². The first-order valence-electron chi connectivity index (χ1n) is 8.49. The number of allylic oxidation sites excluding steroid dienone is 6. The smallest absolute Gasteiger partial charge is 0.106 e. The second-order valence-corrected chi connectivity index (χ2v) is 7.24. The van der Waals surface area contributed by atoms with Crippen LogP contribution >= 0.6 is 0 Å². The third-order valence-electron chi connectivity index (χ3n) is 3.42. The molecule has 138 valence electrons. The van der Waals surface area contributed by atoms with Crippen LogP contribution in [0, 0.1) is 29.1 Å². The Kier molecular flexibility index (Phi) is 9.97. The maximum Gasteiger partial charge on any atom is 0.106 e. The summed E-state index contributed by atoms with van der Waals surface area (Å²) in [5.74, 6) is 12.1. The molecule has 26 heavy (non-hydrogen) atoms. The predicted molar refractivity (Wildman–Crippen MR) is 116 cm³/mol. The number of nitrogens with zero attached hydrogens (tertiary/aromatic N) is 2. The number of nitrogens with two attached hydrogens (primary N) is 1. The molecule has 0 aliphatic heterocycles. The Morgan fingerprint density at radius 3 is 1.85 bits per heavy atom. The summed E-state index contributed by atoms with van der Waals surface area (Å²) in [5, 5.41) is 0. The van der Waals surface area contributed by atoms with Gasteiger partial charge in [-0.15, -0.1) is 0 Å². The van der Waals surface area contributed by atoms with E-state index in [1.165, 1.54) is 0 Å². The van der Waals surface area contributed by atoms with E-state index >= 15 is 0 Å². The Balaban J connectivity index is 5.08. The van der Waals surface area contributed by atoms with E-state index in [1.807, 2.05) is 39.8 Å². The largest absolute Gasteiger partial charge is 0.323 e. The highest BCUT2D eigenvalue weighted by atomic mass is 14.8. The molecule has 0 rings (SSSR count). The van der Waals surface area contributed by atoms with Crippen LogP contribution in [-0.2, 0) is 0 Å². The second-order valence-electron chi connectivity index (χ2n) is 7.24. The summed E-state index contributed by atoms with van der Waals surface area (Å²) < 4.78 is 0. The average Bonchev–Trinajstić information content (AvgIpc) is 2.54. The van der Waals surface area contributed by atoms with Crippen molar-refractivity contribution in [2.24, 2.45) is 21.1 Å². The van der Waals surface area contributed by atoms with Crippen molar-refractivity contribution in [3.63, 3.8) is 0 Å². The van der Waals surface area contributed by atoms with E-state index in [9.17, 15) is 0 Å². The number of aliphatic imine (C=N–C) groups is 2. The minimum Gasteiger partial charge on any atom is -0.323 e. The van der Waals surface area contributed by atoms with E-state index < -0.39 is 0 Å². The summed E-state index contributed by atoms with van der Waals surface area (Å²) in [5.41, 5.74) is 10.2. The van der Waals surface area contributed by atoms with Gasteiger partial charge in [-0.25, -0.2) is 4.99 Å². The molecule has 0 heterocycles. The van der Waals surface area contributed by atoms with Gasteiger partial charge in [0.1, 0.15) is 5.70 Å². The number of hydrogen-bond acceptors (Lipinski definition) is 3. The first-order chi connectivity index (χ1) is 12.0. The fourth-order valence-corrected chi connectivity index (χ4v) is 1.81. The summed E-state index contributed by atoms with van der Waals surface area (Å²) >= 11 is 0. The van der Waals surface area contributed by atoms with Crippen molar-refractivity contribution in [1.29, 1.82) is 0 Å². The van der Waals surface area contributed by atoms with Crippen LogP contribution < -0.4 is 5.73 Å². The molecule has 0 aromatic heterocycles. The van der Waals surface area contributed by atoms with E-state index in [2.05, 4.69) is 67.7 Å². The Bertz CT molecular complexity index is 773. The summed E-state index contributed by atoms with van der Waals surface area (Å²) in [7, 11) is 0. The lowest BCUT2D eigenvalue weighted by molar-refractivity contribution is 0.381. The van der Waals surface area contributed by atoms with E-state index in [0.717, 1.165) is 22.4 Å². The topological polar surface area (TPSA) is 50.7 Å². The lowest BCUT2D eigenvalue weighted by Crippen LogP contribution is -2.41. The normalized spacial score (nSPS) is 14.6. The molecule has 0 aliphatic rings. The molecule has 0 saturated heterocycles. The van der Waals surface area contributed by atoms with Gasteiger partial charge in [0.15, 0.2) is 0 Å². The first-order valence-corrected chi connectivity index (χ1v) is 8.49.